The summed E-state index contributed by atoms with van der Waals surface area (Å²) in [5.41, 5.74) is 1.70. The van der Waals surface area contributed by atoms with Gasteiger partial charge in [-0.15, -0.1) is 0 Å². The Morgan fingerprint density at radius 3 is 1.18 bits per heavy atom. The number of phenols is 2. The van der Waals surface area contributed by atoms with Crippen LogP contribution in [0.4, 0.5) is 0 Å². The van der Waals surface area contributed by atoms with Crippen LogP contribution >= 0.6 is 0 Å². The fourth-order valence-electron chi connectivity index (χ4n) is 5.14. The van der Waals surface area contributed by atoms with E-state index < -0.39 is 32.3 Å². The molecule has 2 aromatic carbocycles. The van der Waals surface area contributed by atoms with Gasteiger partial charge in [0.05, 0.1) is 44.4 Å². The lowest BCUT2D eigenvalue weighted by Gasteiger charge is -2.25. The quantitative estimate of drug-likeness (QED) is 0.302. The van der Waals surface area contributed by atoms with E-state index in [2.05, 4.69) is 103 Å². The minimum atomic E-state index is -1.72. The van der Waals surface area contributed by atoms with E-state index in [9.17, 15) is 10.2 Å². The number of nitrogens with zero attached hydrogens (tertiary/aromatic N) is 2. The number of aliphatic imine (C=N–C) groups is 2. The van der Waals surface area contributed by atoms with Crippen molar-refractivity contribution in [2.45, 2.75) is 110 Å². The molecule has 39 heavy (non-hydrogen) atoms. The van der Waals surface area contributed by atoms with E-state index in [0.717, 1.165) is 40.8 Å². The highest BCUT2D eigenvalue weighted by atomic mass is 28.3. The Morgan fingerprint density at radius 1 is 0.564 bits per heavy atom. The Balaban J connectivity index is 1.96. The van der Waals surface area contributed by atoms with Crippen LogP contribution in [0.1, 0.15) is 30.4 Å². The standard InChI is InChI=1S/C31H52N2O2Si4/c1-36(2,3)24-16-22(30(34)28(18-24)38(7,8)9)20-32-26-14-13-15-27(26)33-21-23-17-25(37(4,5)6)19-29(31(23)35)39(10,11)12/h16-21,26-27,34-35H,13-15H2,1-12H3. The van der Waals surface area contributed by atoms with Gasteiger partial charge in [-0.2, -0.15) is 0 Å². The zero-order chi connectivity index (χ0) is 29.6. The minimum Gasteiger partial charge on any atom is -0.507 e. The molecule has 2 N–H and O–H groups in total. The molecule has 2 unspecified atom stereocenters. The molecule has 1 saturated carbocycles. The first-order chi connectivity index (χ1) is 17.7. The van der Waals surface area contributed by atoms with Crippen LogP contribution in [0.5, 0.6) is 11.5 Å². The molecule has 8 heteroatoms. The van der Waals surface area contributed by atoms with Gasteiger partial charge in [-0.3, -0.25) is 9.98 Å². The molecular formula is C31H52N2O2Si4. The minimum absolute atomic E-state index is 0.0882. The lowest BCUT2D eigenvalue weighted by Crippen LogP contribution is -2.45. The first-order valence-corrected chi connectivity index (χ1v) is 28.5. The van der Waals surface area contributed by atoms with Crippen molar-refractivity contribution in [2.24, 2.45) is 9.98 Å². The zero-order valence-electron chi connectivity index (χ0n) is 26.5. The molecule has 3 rings (SSSR count). The van der Waals surface area contributed by atoms with Gasteiger partial charge in [-0.1, -0.05) is 113 Å². The molecule has 0 amide bonds. The fraction of sp³-hybridized carbons (Fsp3) is 0.548. The first kappa shape index (κ1) is 31.8. The van der Waals surface area contributed by atoms with E-state index >= 15 is 0 Å². The number of rotatable bonds is 8. The maximum Gasteiger partial charge on any atom is 0.123 e. The van der Waals surface area contributed by atoms with E-state index in [0.29, 0.717) is 11.5 Å². The van der Waals surface area contributed by atoms with Gasteiger partial charge in [0.25, 0.3) is 0 Å². The summed E-state index contributed by atoms with van der Waals surface area (Å²) in [6.45, 7) is 27.9. The molecule has 4 nitrogen and oxygen atoms in total. The largest absolute Gasteiger partial charge is 0.507 e. The summed E-state index contributed by atoms with van der Waals surface area (Å²) >= 11 is 0. The molecule has 2 atom stereocenters. The van der Waals surface area contributed by atoms with Crippen LogP contribution in [-0.2, 0) is 0 Å². The average Bonchev–Trinajstić information content (AvgIpc) is 3.21. The van der Waals surface area contributed by atoms with Crippen molar-refractivity contribution in [3.05, 3.63) is 35.4 Å². The van der Waals surface area contributed by atoms with Crippen molar-refractivity contribution in [1.29, 1.82) is 0 Å². The molecule has 0 aromatic heterocycles. The van der Waals surface area contributed by atoms with Crippen molar-refractivity contribution >= 4 is 65.5 Å². The van der Waals surface area contributed by atoms with Gasteiger partial charge >= 0.3 is 0 Å². The van der Waals surface area contributed by atoms with Crippen molar-refractivity contribution in [2.75, 3.05) is 0 Å². The van der Waals surface area contributed by atoms with E-state index in [1.54, 1.807) is 0 Å². The first-order valence-electron chi connectivity index (χ1n) is 14.5. The third kappa shape index (κ3) is 7.71. The molecule has 0 aliphatic heterocycles. The van der Waals surface area contributed by atoms with Gasteiger partial charge in [-0.05, 0) is 29.6 Å². The molecule has 1 fully saturated rings. The third-order valence-corrected chi connectivity index (χ3v) is 15.9. The molecule has 1 aliphatic carbocycles. The molecule has 0 radical (unpaired) electrons. The summed E-state index contributed by atoms with van der Waals surface area (Å²) in [4.78, 5) is 10.0. The molecule has 0 spiro atoms. The van der Waals surface area contributed by atoms with Crippen LogP contribution in [0, 0.1) is 0 Å². The lowest BCUT2D eigenvalue weighted by molar-refractivity contribution is 0.477. The third-order valence-electron chi connectivity index (χ3n) is 7.88. The molecule has 0 heterocycles. The lowest BCUT2D eigenvalue weighted by atomic mass is 10.1. The monoisotopic (exact) mass is 596 g/mol. The fourth-order valence-corrected chi connectivity index (χ4v) is 10.6. The second kappa shape index (κ2) is 11.3. The Kier molecular flexibility index (Phi) is 9.17. The van der Waals surface area contributed by atoms with E-state index in [1.165, 1.54) is 10.4 Å². The average molecular weight is 597 g/mol. The van der Waals surface area contributed by atoms with Crippen molar-refractivity contribution in [3.63, 3.8) is 0 Å². The zero-order valence-corrected chi connectivity index (χ0v) is 30.5. The highest BCUT2D eigenvalue weighted by Gasteiger charge is 2.30. The van der Waals surface area contributed by atoms with E-state index in [1.807, 2.05) is 12.4 Å². The maximum atomic E-state index is 11.2. The molecule has 2 aromatic rings. The van der Waals surface area contributed by atoms with Gasteiger partial charge in [0.1, 0.15) is 11.5 Å². The van der Waals surface area contributed by atoms with Gasteiger partial charge in [0, 0.05) is 23.6 Å². The van der Waals surface area contributed by atoms with Crippen molar-refractivity contribution in [3.8, 4) is 11.5 Å². The normalized spacial score (nSPS) is 19.5. The summed E-state index contributed by atoms with van der Waals surface area (Å²) in [5.74, 6) is 0.815. The summed E-state index contributed by atoms with van der Waals surface area (Å²) < 4.78 is 0. The van der Waals surface area contributed by atoms with Crippen LogP contribution < -0.4 is 20.7 Å². The van der Waals surface area contributed by atoms with Crippen LogP contribution in [-0.4, -0.2) is 67.0 Å². The van der Waals surface area contributed by atoms with Crippen LogP contribution in [0.15, 0.2) is 34.3 Å². The molecule has 0 bridgehead atoms. The molecule has 1 aliphatic rings. The molecule has 214 valence electrons. The van der Waals surface area contributed by atoms with Crippen LogP contribution in [0.25, 0.3) is 0 Å². The van der Waals surface area contributed by atoms with Crippen LogP contribution in [0.3, 0.4) is 0 Å². The van der Waals surface area contributed by atoms with Crippen molar-refractivity contribution in [1.82, 2.24) is 0 Å². The number of hydrogen-bond donors (Lipinski definition) is 2. The number of benzene rings is 2. The summed E-state index contributed by atoms with van der Waals surface area (Å²) in [5, 5.41) is 27.5. The maximum absolute atomic E-state index is 11.2. The van der Waals surface area contributed by atoms with E-state index in [4.69, 9.17) is 9.98 Å². The number of phenolic OH excluding ortho intramolecular Hbond substituents is 2. The molecular weight excluding hydrogens is 545 g/mol. The predicted molar refractivity (Wildman–Crippen MR) is 185 cm³/mol. The molecule has 0 saturated heterocycles. The highest BCUT2D eigenvalue weighted by Crippen LogP contribution is 2.27. The summed E-state index contributed by atoms with van der Waals surface area (Å²) in [6.07, 6.45) is 6.90. The Bertz CT molecular complexity index is 1160. The van der Waals surface area contributed by atoms with E-state index in [-0.39, 0.29) is 12.1 Å². The SMILES string of the molecule is C[Si](C)(C)c1cc(C=NC2CCCC2N=Cc2cc([Si](C)(C)C)cc([Si](C)(C)C)c2O)c(O)c([Si](C)(C)C)c1. The Hall–Kier alpha value is -1.75. The van der Waals surface area contributed by atoms with Gasteiger partial charge in [0.15, 0.2) is 0 Å². The second-order valence-corrected chi connectivity index (χ2v) is 35.8. The number of hydrogen-bond acceptors (Lipinski definition) is 4. The Morgan fingerprint density at radius 2 is 0.897 bits per heavy atom. The topological polar surface area (TPSA) is 65.2 Å². The van der Waals surface area contributed by atoms with Gasteiger partial charge in [-0.25, -0.2) is 0 Å². The summed E-state index contributed by atoms with van der Waals surface area (Å²) in [7, 11) is -6.55. The van der Waals surface area contributed by atoms with Gasteiger partial charge < -0.3 is 10.2 Å². The van der Waals surface area contributed by atoms with Crippen molar-refractivity contribution < 1.29 is 10.2 Å². The second-order valence-electron chi connectivity index (χ2n) is 15.5. The van der Waals surface area contributed by atoms with Gasteiger partial charge in [0.2, 0.25) is 0 Å². The summed E-state index contributed by atoms with van der Waals surface area (Å²) in [6, 6.07) is 9.04. The highest BCUT2D eigenvalue weighted by molar-refractivity contribution is 6.92. The number of aromatic hydroxyl groups is 2. The Labute approximate surface area is 241 Å². The van der Waals surface area contributed by atoms with Crippen LogP contribution in [0.2, 0.25) is 78.6 Å². The predicted octanol–water partition coefficient (Wildman–Crippen LogP) is 5.74. The smallest absolute Gasteiger partial charge is 0.123 e.